The van der Waals surface area contributed by atoms with Gasteiger partial charge >= 0.3 is 5.97 Å². The molecular formula is C15H22FNO3. The van der Waals surface area contributed by atoms with Crippen molar-refractivity contribution in [2.24, 2.45) is 5.73 Å². The van der Waals surface area contributed by atoms with Crippen LogP contribution in [0.25, 0.3) is 0 Å². The van der Waals surface area contributed by atoms with Gasteiger partial charge in [0.15, 0.2) is 0 Å². The lowest BCUT2D eigenvalue weighted by atomic mass is 9.76. The average Bonchev–Trinajstić information content (AvgIpc) is 2.44. The number of benzene rings is 1. The normalized spacial score (nSPS) is 13.9. The molecule has 0 heterocycles. The monoisotopic (exact) mass is 283 g/mol. The van der Waals surface area contributed by atoms with E-state index in [-0.39, 0.29) is 18.7 Å². The van der Waals surface area contributed by atoms with E-state index in [1.54, 1.807) is 6.07 Å². The topological polar surface area (TPSA) is 83.5 Å². The number of rotatable bonds is 9. The predicted molar refractivity (Wildman–Crippen MR) is 74.9 cm³/mol. The van der Waals surface area contributed by atoms with Gasteiger partial charge in [-0.15, -0.1) is 0 Å². The first kappa shape index (κ1) is 16.6. The molecule has 0 aromatic heterocycles. The molecule has 20 heavy (non-hydrogen) atoms. The van der Waals surface area contributed by atoms with E-state index in [0.29, 0.717) is 19.3 Å². The van der Waals surface area contributed by atoms with Gasteiger partial charge in [-0.1, -0.05) is 37.5 Å². The Labute approximate surface area is 118 Å². The van der Waals surface area contributed by atoms with Crippen LogP contribution < -0.4 is 5.73 Å². The Morgan fingerprint density at radius 1 is 1.20 bits per heavy atom. The maximum absolute atomic E-state index is 13.9. The van der Waals surface area contributed by atoms with Crippen molar-refractivity contribution in [2.75, 3.05) is 13.2 Å². The highest BCUT2D eigenvalue weighted by Crippen LogP contribution is 2.31. The first-order valence-corrected chi connectivity index (χ1v) is 6.88. The number of nitrogens with two attached hydrogens (primary N) is 1. The summed E-state index contributed by atoms with van der Waals surface area (Å²) in [6.07, 6.45) is 3.25. The Bertz CT molecular complexity index is 439. The first-order chi connectivity index (χ1) is 9.58. The Balaban J connectivity index is 2.87. The van der Waals surface area contributed by atoms with Crippen molar-refractivity contribution in [3.8, 4) is 0 Å². The third-order valence-electron chi connectivity index (χ3n) is 3.66. The number of hydrogen-bond donors (Lipinski definition) is 3. The molecule has 0 bridgehead atoms. The molecule has 0 fully saturated rings. The SMILES string of the molecule is NCC(CCCCCCO)(C(=O)O)c1ccccc1F. The number of hydrogen-bond acceptors (Lipinski definition) is 3. The third kappa shape index (κ3) is 3.77. The van der Waals surface area contributed by atoms with E-state index in [1.165, 1.54) is 18.2 Å². The Kier molecular flexibility index (Phi) is 6.61. The van der Waals surface area contributed by atoms with Crippen LogP contribution in [0.3, 0.4) is 0 Å². The number of aliphatic hydroxyl groups is 1. The van der Waals surface area contributed by atoms with Gasteiger partial charge in [0.2, 0.25) is 0 Å². The standard InChI is InChI=1S/C15H22FNO3/c16-13-8-4-3-7-12(13)15(11-17,14(19)20)9-5-1-2-6-10-18/h3-4,7-8,18H,1-2,5-6,9-11,17H2,(H,19,20). The van der Waals surface area contributed by atoms with Crippen LogP contribution >= 0.6 is 0 Å². The van der Waals surface area contributed by atoms with Crippen LogP contribution in [-0.2, 0) is 10.2 Å². The summed E-state index contributed by atoms with van der Waals surface area (Å²) in [5.41, 5.74) is 4.44. The molecule has 0 saturated heterocycles. The molecule has 0 saturated carbocycles. The second-order valence-electron chi connectivity index (χ2n) is 4.96. The predicted octanol–water partition coefficient (Wildman–Crippen LogP) is 2.05. The van der Waals surface area contributed by atoms with Crippen LogP contribution in [0.5, 0.6) is 0 Å². The minimum absolute atomic E-state index is 0.133. The van der Waals surface area contributed by atoms with Gasteiger partial charge in [-0.3, -0.25) is 4.79 Å². The summed E-state index contributed by atoms with van der Waals surface area (Å²) in [7, 11) is 0. The number of unbranched alkanes of at least 4 members (excludes halogenated alkanes) is 3. The molecule has 0 aliphatic carbocycles. The van der Waals surface area contributed by atoms with Crippen molar-refractivity contribution >= 4 is 5.97 Å². The molecule has 0 amide bonds. The highest BCUT2D eigenvalue weighted by Gasteiger charge is 2.40. The van der Waals surface area contributed by atoms with Crippen molar-refractivity contribution in [1.82, 2.24) is 0 Å². The quantitative estimate of drug-likeness (QED) is 0.606. The van der Waals surface area contributed by atoms with Crippen LogP contribution in [-0.4, -0.2) is 29.3 Å². The lowest BCUT2D eigenvalue weighted by Crippen LogP contribution is -2.43. The van der Waals surface area contributed by atoms with Crippen molar-refractivity contribution in [1.29, 1.82) is 0 Å². The first-order valence-electron chi connectivity index (χ1n) is 6.88. The summed E-state index contributed by atoms with van der Waals surface area (Å²) >= 11 is 0. The van der Waals surface area contributed by atoms with Crippen molar-refractivity contribution < 1.29 is 19.4 Å². The fraction of sp³-hybridized carbons (Fsp3) is 0.533. The Morgan fingerprint density at radius 2 is 1.85 bits per heavy atom. The van der Waals surface area contributed by atoms with Gasteiger partial charge in [0.1, 0.15) is 11.2 Å². The fourth-order valence-electron chi connectivity index (χ4n) is 2.40. The number of carboxylic acid groups (broad SMARTS) is 1. The minimum Gasteiger partial charge on any atom is -0.481 e. The molecule has 1 aromatic rings. The molecule has 1 unspecified atom stereocenters. The molecular weight excluding hydrogens is 261 g/mol. The van der Waals surface area contributed by atoms with Crippen LogP contribution in [0.4, 0.5) is 4.39 Å². The van der Waals surface area contributed by atoms with Gasteiger partial charge in [0.25, 0.3) is 0 Å². The summed E-state index contributed by atoms with van der Waals surface area (Å²) in [6.45, 7) is -0.00244. The minimum atomic E-state index is -1.37. The number of halogens is 1. The largest absolute Gasteiger partial charge is 0.481 e. The maximum Gasteiger partial charge on any atom is 0.315 e. The van der Waals surface area contributed by atoms with E-state index in [0.717, 1.165) is 12.8 Å². The zero-order chi connectivity index (χ0) is 15.0. The van der Waals surface area contributed by atoms with E-state index >= 15 is 0 Å². The van der Waals surface area contributed by atoms with Gasteiger partial charge in [0.05, 0.1) is 0 Å². The van der Waals surface area contributed by atoms with Crippen molar-refractivity contribution in [2.45, 2.75) is 37.5 Å². The summed E-state index contributed by atoms with van der Waals surface area (Å²) < 4.78 is 13.9. The number of carbonyl (C=O) groups is 1. The van der Waals surface area contributed by atoms with Crippen molar-refractivity contribution in [3.05, 3.63) is 35.6 Å². The van der Waals surface area contributed by atoms with Crippen LogP contribution in [0.2, 0.25) is 0 Å². The third-order valence-corrected chi connectivity index (χ3v) is 3.66. The summed E-state index contributed by atoms with van der Waals surface area (Å²) in [5.74, 6) is -1.62. The van der Waals surface area contributed by atoms with Gasteiger partial charge in [-0.2, -0.15) is 0 Å². The molecule has 1 rings (SSSR count). The van der Waals surface area contributed by atoms with E-state index in [4.69, 9.17) is 10.8 Å². The molecule has 4 nitrogen and oxygen atoms in total. The molecule has 0 radical (unpaired) electrons. The molecule has 4 N–H and O–H groups in total. The summed E-state index contributed by atoms with van der Waals surface area (Å²) in [6, 6.07) is 5.90. The highest BCUT2D eigenvalue weighted by molar-refractivity contribution is 5.81. The summed E-state index contributed by atoms with van der Waals surface area (Å²) in [4.78, 5) is 11.6. The molecule has 0 aliphatic rings. The second kappa shape index (κ2) is 7.97. The van der Waals surface area contributed by atoms with Gasteiger partial charge < -0.3 is 15.9 Å². The Morgan fingerprint density at radius 3 is 2.40 bits per heavy atom. The maximum atomic E-state index is 13.9. The van der Waals surface area contributed by atoms with E-state index in [9.17, 15) is 14.3 Å². The fourth-order valence-corrected chi connectivity index (χ4v) is 2.40. The zero-order valence-corrected chi connectivity index (χ0v) is 11.5. The molecule has 112 valence electrons. The van der Waals surface area contributed by atoms with Gasteiger partial charge in [-0.25, -0.2) is 4.39 Å². The molecule has 1 atom stereocenters. The Hall–Kier alpha value is -1.46. The van der Waals surface area contributed by atoms with Gasteiger partial charge in [0, 0.05) is 18.7 Å². The van der Waals surface area contributed by atoms with E-state index in [1.807, 2.05) is 0 Å². The van der Waals surface area contributed by atoms with E-state index in [2.05, 4.69) is 0 Å². The molecule has 1 aromatic carbocycles. The van der Waals surface area contributed by atoms with Crippen LogP contribution in [0, 0.1) is 5.82 Å². The van der Waals surface area contributed by atoms with Crippen LogP contribution in [0.1, 0.15) is 37.7 Å². The molecule has 5 heteroatoms. The number of aliphatic carboxylic acids is 1. The lowest BCUT2D eigenvalue weighted by Gasteiger charge is -2.29. The zero-order valence-electron chi connectivity index (χ0n) is 11.5. The average molecular weight is 283 g/mol. The molecule has 0 aliphatic heterocycles. The lowest BCUT2D eigenvalue weighted by molar-refractivity contribution is -0.144. The summed E-state index contributed by atoms with van der Waals surface area (Å²) in [5, 5.41) is 18.2. The van der Waals surface area contributed by atoms with E-state index < -0.39 is 17.2 Å². The van der Waals surface area contributed by atoms with Gasteiger partial charge in [-0.05, 0) is 18.9 Å². The molecule has 0 spiro atoms. The highest BCUT2D eigenvalue weighted by atomic mass is 19.1. The number of aliphatic hydroxyl groups excluding tert-OH is 1. The second-order valence-corrected chi connectivity index (χ2v) is 4.96. The smallest absolute Gasteiger partial charge is 0.315 e. The van der Waals surface area contributed by atoms with Crippen LogP contribution in [0.15, 0.2) is 24.3 Å². The van der Waals surface area contributed by atoms with Crippen molar-refractivity contribution in [3.63, 3.8) is 0 Å². The number of carboxylic acids is 1.